The Kier molecular flexibility index (Phi) is 6.88. The summed E-state index contributed by atoms with van der Waals surface area (Å²) >= 11 is 5.39. The molecule has 2 aromatic heterocycles. The van der Waals surface area contributed by atoms with Crippen molar-refractivity contribution in [2.45, 2.75) is 6.92 Å². The number of H-pyrrole nitrogens is 1. The molecule has 1 saturated heterocycles. The van der Waals surface area contributed by atoms with Gasteiger partial charge in [-0.1, -0.05) is 0 Å². The third-order valence-corrected chi connectivity index (χ3v) is 5.14. The van der Waals surface area contributed by atoms with Gasteiger partial charge in [0.2, 0.25) is 0 Å². The SMILES string of the molecule is Cc1cc(NC(=S)Nc2ccc(C(=N)/N=C(\c3ccc[nH]3)N3CCOCC3)cc2)ccn1. The van der Waals surface area contributed by atoms with Gasteiger partial charge >= 0.3 is 0 Å². The van der Waals surface area contributed by atoms with Crippen LogP contribution in [0.1, 0.15) is 17.0 Å². The molecule has 3 heterocycles. The molecule has 9 heteroatoms. The number of morpholine rings is 1. The highest BCUT2D eigenvalue weighted by atomic mass is 32.1. The number of thiocarbonyl (C=S) groups is 1. The van der Waals surface area contributed by atoms with Gasteiger partial charge in [-0.3, -0.25) is 10.4 Å². The first-order chi connectivity index (χ1) is 15.6. The quantitative estimate of drug-likeness (QED) is 0.277. The van der Waals surface area contributed by atoms with Crippen molar-refractivity contribution in [3.63, 3.8) is 0 Å². The second-order valence-electron chi connectivity index (χ2n) is 7.31. The number of anilines is 2. The molecule has 4 rings (SSSR count). The minimum absolute atomic E-state index is 0.195. The van der Waals surface area contributed by atoms with Gasteiger partial charge < -0.3 is 25.3 Å². The van der Waals surface area contributed by atoms with Gasteiger partial charge in [-0.25, -0.2) is 4.99 Å². The summed E-state index contributed by atoms with van der Waals surface area (Å²) in [6.45, 7) is 4.73. The van der Waals surface area contributed by atoms with Gasteiger partial charge in [0.25, 0.3) is 0 Å². The van der Waals surface area contributed by atoms with Gasteiger partial charge in [0.05, 0.1) is 18.9 Å². The molecule has 1 aliphatic rings. The zero-order valence-electron chi connectivity index (χ0n) is 17.8. The fraction of sp³-hybridized carbons (Fsp3) is 0.217. The standard InChI is InChI=1S/C23H25N7OS/c1-16-15-19(8-10-25-16)28-23(32)27-18-6-4-17(5-7-18)21(24)29-22(20-3-2-9-26-20)30-11-13-31-14-12-30/h2-10,15,24,26H,11-14H2,1H3,(H2,25,27,28,32)/b24-21?,29-22+. The molecular formula is C23H25N7OS. The molecule has 0 spiro atoms. The Balaban J connectivity index is 1.44. The number of aromatic amines is 1. The van der Waals surface area contributed by atoms with Crippen LogP contribution >= 0.6 is 12.2 Å². The van der Waals surface area contributed by atoms with Crippen molar-refractivity contribution in [3.8, 4) is 0 Å². The summed E-state index contributed by atoms with van der Waals surface area (Å²) in [4.78, 5) is 14.2. The Labute approximate surface area is 192 Å². The second-order valence-corrected chi connectivity index (χ2v) is 7.72. The zero-order valence-corrected chi connectivity index (χ0v) is 18.6. The van der Waals surface area contributed by atoms with Crippen molar-refractivity contribution in [2.24, 2.45) is 4.99 Å². The number of benzene rings is 1. The number of aromatic nitrogens is 2. The summed E-state index contributed by atoms with van der Waals surface area (Å²) in [5, 5.41) is 15.3. The predicted octanol–water partition coefficient (Wildman–Crippen LogP) is 3.63. The van der Waals surface area contributed by atoms with Crippen LogP contribution in [0.2, 0.25) is 0 Å². The van der Waals surface area contributed by atoms with E-state index < -0.39 is 0 Å². The number of aliphatic imine (C=N–C) groups is 1. The monoisotopic (exact) mass is 447 g/mol. The molecule has 1 fully saturated rings. The van der Waals surface area contributed by atoms with E-state index in [1.54, 1.807) is 6.20 Å². The van der Waals surface area contributed by atoms with Crippen LogP contribution in [0.25, 0.3) is 0 Å². The summed E-state index contributed by atoms with van der Waals surface area (Å²) in [6.07, 6.45) is 3.60. The van der Waals surface area contributed by atoms with Crippen LogP contribution in [0.4, 0.5) is 11.4 Å². The molecule has 3 aromatic rings. The Bertz CT molecular complexity index is 1100. The summed E-state index contributed by atoms with van der Waals surface area (Å²) in [7, 11) is 0. The van der Waals surface area contributed by atoms with Crippen LogP contribution < -0.4 is 10.6 Å². The predicted molar refractivity (Wildman–Crippen MR) is 132 cm³/mol. The van der Waals surface area contributed by atoms with Crippen LogP contribution in [0.15, 0.2) is 65.9 Å². The van der Waals surface area contributed by atoms with Crippen LogP contribution in [-0.4, -0.2) is 58.0 Å². The first kappa shape index (κ1) is 21.7. The Hall–Kier alpha value is -3.56. The fourth-order valence-corrected chi connectivity index (χ4v) is 3.58. The maximum Gasteiger partial charge on any atom is 0.175 e. The van der Waals surface area contributed by atoms with Gasteiger partial charge in [0.15, 0.2) is 16.8 Å². The summed E-state index contributed by atoms with van der Waals surface area (Å²) < 4.78 is 5.46. The van der Waals surface area contributed by atoms with Gasteiger partial charge in [0.1, 0.15) is 0 Å². The highest BCUT2D eigenvalue weighted by Gasteiger charge is 2.18. The van der Waals surface area contributed by atoms with E-state index in [4.69, 9.17) is 22.4 Å². The molecule has 0 radical (unpaired) electrons. The number of aryl methyl sites for hydroxylation is 1. The largest absolute Gasteiger partial charge is 0.378 e. The van der Waals surface area contributed by atoms with Crippen LogP contribution in [-0.2, 0) is 4.74 Å². The number of nitrogens with one attached hydrogen (secondary N) is 4. The van der Waals surface area contributed by atoms with Crippen molar-refractivity contribution in [1.29, 1.82) is 5.41 Å². The molecule has 4 N–H and O–H groups in total. The van der Waals surface area contributed by atoms with Gasteiger partial charge in [-0.15, -0.1) is 0 Å². The lowest BCUT2D eigenvalue weighted by atomic mass is 10.2. The molecular weight excluding hydrogens is 422 g/mol. The molecule has 0 saturated carbocycles. The lowest BCUT2D eigenvalue weighted by Crippen LogP contribution is -2.41. The molecule has 0 unspecified atom stereocenters. The lowest BCUT2D eigenvalue weighted by Gasteiger charge is -2.29. The van der Waals surface area contributed by atoms with Crippen LogP contribution in [0.5, 0.6) is 0 Å². The first-order valence-corrected chi connectivity index (χ1v) is 10.7. The molecule has 0 atom stereocenters. The van der Waals surface area contributed by atoms with Gasteiger partial charge in [0, 0.05) is 48.1 Å². The number of hydrogen-bond donors (Lipinski definition) is 4. The number of hydrogen-bond acceptors (Lipinski definition) is 4. The first-order valence-electron chi connectivity index (χ1n) is 10.3. The molecule has 8 nitrogen and oxygen atoms in total. The topological polar surface area (TPSA) is 101 Å². The van der Waals surface area contributed by atoms with Crippen molar-refractivity contribution in [1.82, 2.24) is 14.9 Å². The maximum atomic E-state index is 8.54. The van der Waals surface area contributed by atoms with Crippen molar-refractivity contribution < 1.29 is 4.74 Å². The molecule has 0 aliphatic carbocycles. The molecule has 0 bridgehead atoms. The maximum absolute atomic E-state index is 8.54. The van der Waals surface area contributed by atoms with Crippen molar-refractivity contribution in [2.75, 3.05) is 36.9 Å². The Morgan fingerprint density at radius 3 is 2.56 bits per heavy atom. The van der Waals surface area contributed by atoms with E-state index in [0.717, 1.165) is 47.3 Å². The summed E-state index contributed by atoms with van der Waals surface area (Å²) in [5.74, 6) is 0.948. The highest BCUT2D eigenvalue weighted by molar-refractivity contribution is 7.80. The average Bonchev–Trinajstić information content (AvgIpc) is 3.33. The fourth-order valence-electron chi connectivity index (χ4n) is 3.34. The molecule has 32 heavy (non-hydrogen) atoms. The summed E-state index contributed by atoms with van der Waals surface area (Å²) in [6, 6.07) is 15.2. The third kappa shape index (κ3) is 5.57. The molecule has 164 valence electrons. The molecule has 1 aromatic carbocycles. The van der Waals surface area contributed by atoms with Crippen LogP contribution in [0.3, 0.4) is 0 Å². The summed E-state index contributed by atoms with van der Waals surface area (Å²) in [5.41, 5.74) is 4.22. The second kappa shape index (κ2) is 10.2. The normalized spacial score (nSPS) is 14.2. The number of ether oxygens (including phenoxy) is 1. The number of rotatable bonds is 4. The number of amidine groups is 2. The Morgan fingerprint density at radius 2 is 1.88 bits per heavy atom. The number of nitrogens with zero attached hydrogens (tertiary/aromatic N) is 3. The van der Waals surface area contributed by atoms with Gasteiger partial charge in [-0.05, 0) is 67.7 Å². The van der Waals surface area contributed by atoms with Crippen LogP contribution in [0, 0.1) is 12.3 Å². The Morgan fingerprint density at radius 1 is 1.12 bits per heavy atom. The minimum Gasteiger partial charge on any atom is -0.378 e. The van der Waals surface area contributed by atoms with E-state index in [9.17, 15) is 0 Å². The third-order valence-electron chi connectivity index (χ3n) is 4.94. The average molecular weight is 448 g/mol. The zero-order chi connectivity index (χ0) is 22.3. The molecule has 0 amide bonds. The van der Waals surface area contributed by atoms with Crippen molar-refractivity contribution >= 4 is 40.4 Å². The van der Waals surface area contributed by atoms with E-state index in [1.807, 2.05) is 61.7 Å². The van der Waals surface area contributed by atoms with E-state index in [-0.39, 0.29) is 5.84 Å². The van der Waals surface area contributed by atoms with Gasteiger partial charge in [-0.2, -0.15) is 0 Å². The minimum atomic E-state index is 0.195. The highest BCUT2D eigenvalue weighted by Crippen LogP contribution is 2.14. The van der Waals surface area contributed by atoms with E-state index in [0.29, 0.717) is 18.3 Å². The van der Waals surface area contributed by atoms with Crippen molar-refractivity contribution in [3.05, 3.63) is 77.9 Å². The smallest absolute Gasteiger partial charge is 0.175 e. The van der Waals surface area contributed by atoms with E-state index >= 15 is 0 Å². The molecule has 1 aliphatic heterocycles. The number of pyridine rings is 1. The van der Waals surface area contributed by atoms with E-state index in [2.05, 4.69) is 30.5 Å². The lowest BCUT2D eigenvalue weighted by molar-refractivity contribution is 0.0682. The van der Waals surface area contributed by atoms with E-state index in [1.165, 1.54) is 0 Å².